The van der Waals surface area contributed by atoms with E-state index < -0.39 is 0 Å². The van der Waals surface area contributed by atoms with Crippen LogP contribution in [0.3, 0.4) is 0 Å². The van der Waals surface area contributed by atoms with Gasteiger partial charge >= 0.3 is 0 Å². The zero-order chi connectivity index (χ0) is 12.4. The summed E-state index contributed by atoms with van der Waals surface area (Å²) < 4.78 is 0. The third kappa shape index (κ3) is 2.08. The van der Waals surface area contributed by atoms with Crippen LogP contribution in [0.15, 0.2) is 42.6 Å². The number of aryl methyl sites for hydroxylation is 1. The average molecular weight is 259 g/mol. The van der Waals surface area contributed by atoms with E-state index in [1.54, 1.807) is 0 Å². The molecule has 0 aliphatic carbocycles. The van der Waals surface area contributed by atoms with Crippen molar-refractivity contribution in [3.05, 3.63) is 53.9 Å². The number of hydrogen-bond donors (Lipinski definition) is 0. The molecular weight excluding hydrogens is 244 g/mol. The van der Waals surface area contributed by atoms with Crippen molar-refractivity contribution in [1.82, 2.24) is 4.98 Å². The summed E-state index contributed by atoms with van der Waals surface area (Å²) in [6, 6.07) is 12.7. The van der Waals surface area contributed by atoms with Crippen molar-refractivity contribution in [1.29, 1.82) is 0 Å². The molecule has 1 aromatic heterocycles. The highest BCUT2D eigenvalue weighted by Gasteiger charge is 2.17. The van der Waals surface area contributed by atoms with Crippen molar-refractivity contribution in [2.45, 2.75) is 18.7 Å². The van der Waals surface area contributed by atoms with Crippen molar-refractivity contribution < 1.29 is 0 Å². The minimum atomic E-state index is 0.462. The second kappa shape index (κ2) is 4.99. The second-order valence-electron chi connectivity index (χ2n) is 4.52. The fraction of sp³-hybridized carbons (Fsp3) is 0.267. The van der Waals surface area contributed by atoms with Crippen LogP contribution in [0.1, 0.15) is 17.7 Å². The first-order valence-corrected chi connectivity index (χ1v) is 6.78. The number of aromatic nitrogens is 1. The second-order valence-corrected chi connectivity index (χ2v) is 4.79. The highest BCUT2D eigenvalue weighted by atomic mass is 35.5. The molecule has 2 heterocycles. The summed E-state index contributed by atoms with van der Waals surface area (Å²) >= 11 is 5.86. The van der Waals surface area contributed by atoms with Gasteiger partial charge in [0.2, 0.25) is 0 Å². The molecule has 0 saturated carbocycles. The van der Waals surface area contributed by atoms with Gasteiger partial charge in [0.05, 0.1) is 11.6 Å². The van der Waals surface area contributed by atoms with Crippen molar-refractivity contribution >= 4 is 23.0 Å². The molecule has 1 aliphatic rings. The van der Waals surface area contributed by atoms with Crippen molar-refractivity contribution in [2.24, 2.45) is 0 Å². The lowest BCUT2D eigenvalue weighted by atomic mass is 10.0. The SMILES string of the molecule is ClCc1cc(N2CCCc3ccccc32)ccn1. The number of anilines is 2. The van der Waals surface area contributed by atoms with Gasteiger partial charge in [0.1, 0.15) is 0 Å². The van der Waals surface area contributed by atoms with Crippen LogP contribution in [0.2, 0.25) is 0 Å². The molecule has 2 nitrogen and oxygen atoms in total. The molecular formula is C15H15ClN2. The molecule has 1 aliphatic heterocycles. The highest BCUT2D eigenvalue weighted by molar-refractivity contribution is 6.16. The number of fused-ring (bicyclic) bond motifs is 1. The molecule has 0 amide bonds. The summed E-state index contributed by atoms with van der Waals surface area (Å²) in [6.07, 6.45) is 4.19. The molecule has 0 atom stereocenters. The Morgan fingerprint density at radius 3 is 3.00 bits per heavy atom. The molecule has 0 saturated heterocycles. The number of nitrogens with zero attached hydrogens (tertiary/aromatic N) is 2. The Labute approximate surface area is 112 Å². The van der Waals surface area contributed by atoms with Crippen molar-refractivity contribution in [2.75, 3.05) is 11.4 Å². The lowest BCUT2D eigenvalue weighted by molar-refractivity contribution is 0.766. The Balaban J connectivity index is 2.02. The van der Waals surface area contributed by atoms with Crippen LogP contribution in [-0.2, 0) is 12.3 Å². The standard InChI is InChI=1S/C15H15ClN2/c16-11-13-10-14(7-8-17-13)18-9-3-5-12-4-1-2-6-15(12)18/h1-2,4,6-8,10H,3,5,9,11H2. The Hall–Kier alpha value is -1.54. The number of rotatable bonds is 2. The Morgan fingerprint density at radius 2 is 2.11 bits per heavy atom. The van der Waals surface area contributed by atoms with Crippen LogP contribution < -0.4 is 4.90 Å². The average Bonchev–Trinajstić information content (AvgIpc) is 2.47. The molecule has 0 N–H and O–H groups in total. The molecule has 0 spiro atoms. The van der Waals surface area contributed by atoms with E-state index in [-0.39, 0.29) is 0 Å². The quantitative estimate of drug-likeness (QED) is 0.760. The van der Waals surface area contributed by atoms with Crippen LogP contribution in [0.25, 0.3) is 0 Å². The molecule has 0 unspecified atom stereocenters. The predicted octanol–water partition coefficient (Wildman–Crippen LogP) is 3.90. The van der Waals surface area contributed by atoms with Crippen molar-refractivity contribution in [3.8, 4) is 0 Å². The first kappa shape index (κ1) is 11.5. The number of alkyl halides is 1. The lowest BCUT2D eigenvalue weighted by Gasteiger charge is -2.31. The van der Waals surface area contributed by atoms with Gasteiger partial charge in [-0.3, -0.25) is 4.98 Å². The van der Waals surface area contributed by atoms with Gasteiger partial charge in [-0.1, -0.05) is 18.2 Å². The zero-order valence-corrected chi connectivity index (χ0v) is 10.9. The summed E-state index contributed by atoms with van der Waals surface area (Å²) in [5, 5.41) is 0. The van der Waals surface area contributed by atoms with Gasteiger partial charge in [-0.25, -0.2) is 0 Å². The Bertz CT molecular complexity index is 554. The molecule has 0 fully saturated rings. The van der Waals surface area contributed by atoms with Gasteiger partial charge in [0.15, 0.2) is 0 Å². The van der Waals surface area contributed by atoms with Gasteiger partial charge in [-0.05, 0) is 36.6 Å². The number of para-hydroxylation sites is 1. The number of hydrogen-bond acceptors (Lipinski definition) is 2. The van der Waals surface area contributed by atoms with E-state index in [1.807, 2.05) is 6.20 Å². The van der Waals surface area contributed by atoms with Gasteiger partial charge in [0, 0.05) is 24.1 Å². The molecule has 1 aromatic carbocycles. The summed E-state index contributed by atoms with van der Waals surface area (Å²) in [4.78, 5) is 6.61. The summed E-state index contributed by atoms with van der Waals surface area (Å²) in [5.74, 6) is 0.462. The van der Waals surface area contributed by atoms with E-state index in [0.717, 1.165) is 12.2 Å². The monoisotopic (exact) mass is 258 g/mol. The maximum Gasteiger partial charge on any atom is 0.0648 e. The minimum Gasteiger partial charge on any atom is -0.341 e. The maximum absolute atomic E-state index is 5.86. The zero-order valence-electron chi connectivity index (χ0n) is 10.1. The first-order chi connectivity index (χ1) is 8.88. The largest absolute Gasteiger partial charge is 0.341 e. The van der Waals surface area contributed by atoms with E-state index in [0.29, 0.717) is 5.88 Å². The smallest absolute Gasteiger partial charge is 0.0648 e. The van der Waals surface area contributed by atoms with Crippen LogP contribution in [0, 0.1) is 0 Å². The molecule has 3 rings (SSSR count). The van der Waals surface area contributed by atoms with E-state index in [9.17, 15) is 0 Å². The minimum absolute atomic E-state index is 0.462. The summed E-state index contributed by atoms with van der Waals surface area (Å²) in [5.41, 5.74) is 4.86. The van der Waals surface area contributed by atoms with Crippen LogP contribution in [0.5, 0.6) is 0 Å². The van der Waals surface area contributed by atoms with E-state index in [2.05, 4.69) is 46.3 Å². The fourth-order valence-electron chi connectivity index (χ4n) is 2.51. The van der Waals surface area contributed by atoms with Crippen LogP contribution in [-0.4, -0.2) is 11.5 Å². The molecule has 3 heteroatoms. The van der Waals surface area contributed by atoms with E-state index >= 15 is 0 Å². The van der Waals surface area contributed by atoms with Gasteiger partial charge in [-0.15, -0.1) is 11.6 Å². The highest BCUT2D eigenvalue weighted by Crippen LogP contribution is 2.33. The Kier molecular flexibility index (Phi) is 3.20. The molecule has 2 aromatic rings. The first-order valence-electron chi connectivity index (χ1n) is 6.25. The van der Waals surface area contributed by atoms with Crippen LogP contribution in [0.4, 0.5) is 11.4 Å². The lowest BCUT2D eigenvalue weighted by Crippen LogP contribution is -2.24. The third-order valence-electron chi connectivity index (χ3n) is 3.36. The number of pyridine rings is 1. The molecule has 0 bridgehead atoms. The van der Waals surface area contributed by atoms with Gasteiger partial charge < -0.3 is 4.90 Å². The molecule has 0 radical (unpaired) electrons. The number of halogens is 1. The fourth-order valence-corrected chi connectivity index (χ4v) is 2.65. The third-order valence-corrected chi connectivity index (χ3v) is 3.63. The van der Waals surface area contributed by atoms with Crippen LogP contribution >= 0.6 is 11.6 Å². The van der Waals surface area contributed by atoms with Gasteiger partial charge in [0.25, 0.3) is 0 Å². The van der Waals surface area contributed by atoms with E-state index in [1.165, 1.54) is 29.8 Å². The normalized spacial score (nSPS) is 14.4. The topological polar surface area (TPSA) is 16.1 Å². The predicted molar refractivity (Wildman–Crippen MR) is 75.6 cm³/mol. The molecule has 92 valence electrons. The summed E-state index contributed by atoms with van der Waals surface area (Å²) in [7, 11) is 0. The Morgan fingerprint density at radius 1 is 1.22 bits per heavy atom. The summed E-state index contributed by atoms with van der Waals surface area (Å²) in [6.45, 7) is 1.06. The van der Waals surface area contributed by atoms with Crippen molar-refractivity contribution in [3.63, 3.8) is 0 Å². The van der Waals surface area contributed by atoms with E-state index in [4.69, 9.17) is 11.6 Å². The maximum atomic E-state index is 5.86. The number of benzene rings is 1. The molecule has 18 heavy (non-hydrogen) atoms. The van der Waals surface area contributed by atoms with Gasteiger partial charge in [-0.2, -0.15) is 0 Å².